The summed E-state index contributed by atoms with van der Waals surface area (Å²) >= 11 is 6.26. The molecule has 6 nitrogen and oxygen atoms in total. The van der Waals surface area contributed by atoms with Crippen LogP contribution in [0.25, 0.3) is 10.9 Å². The molecule has 1 aliphatic rings. The number of sulfonamides is 1. The van der Waals surface area contributed by atoms with E-state index in [0.29, 0.717) is 22.0 Å². The summed E-state index contributed by atoms with van der Waals surface area (Å²) in [6.45, 7) is -1.38. The van der Waals surface area contributed by atoms with E-state index in [4.69, 9.17) is 11.6 Å². The normalized spacial score (nSPS) is 14.3. The van der Waals surface area contributed by atoms with Crippen molar-refractivity contribution in [2.75, 3.05) is 18.0 Å². The molecule has 2 heterocycles. The summed E-state index contributed by atoms with van der Waals surface area (Å²) in [5.74, 6) is -3.61. The number of anilines is 1. The Labute approximate surface area is 169 Å². The Bertz CT molecular complexity index is 1200. The molecule has 11 heteroatoms. The zero-order valence-electron chi connectivity index (χ0n) is 14.8. The van der Waals surface area contributed by atoms with Crippen molar-refractivity contribution in [1.82, 2.24) is 9.97 Å². The van der Waals surface area contributed by atoms with Crippen molar-refractivity contribution in [3.05, 3.63) is 46.7 Å². The molecule has 1 aliphatic carbocycles. The van der Waals surface area contributed by atoms with Crippen molar-refractivity contribution in [3.63, 3.8) is 0 Å². The van der Waals surface area contributed by atoms with Gasteiger partial charge in [-0.15, -0.1) is 0 Å². The molecule has 3 aromatic rings. The Morgan fingerprint density at radius 1 is 1.31 bits per heavy atom. The van der Waals surface area contributed by atoms with Crippen molar-refractivity contribution in [1.29, 1.82) is 0 Å². The highest BCUT2D eigenvalue weighted by molar-refractivity contribution is 7.93. The highest BCUT2D eigenvalue weighted by atomic mass is 35.5. The van der Waals surface area contributed by atoms with Gasteiger partial charge >= 0.3 is 0 Å². The van der Waals surface area contributed by atoms with E-state index in [1.54, 1.807) is 12.1 Å². The molecule has 1 aromatic carbocycles. The molecule has 4 rings (SSSR count). The summed E-state index contributed by atoms with van der Waals surface area (Å²) in [7, 11) is -4.29. The van der Waals surface area contributed by atoms with Crippen LogP contribution in [0.5, 0.6) is 5.75 Å². The Morgan fingerprint density at radius 2 is 2.07 bits per heavy atom. The predicted octanol–water partition coefficient (Wildman–Crippen LogP) is 4.52. The maximum absolute atomic E-state index is 14.2. The number of aromatic nitrogens is 2. The van der Waals surface area contributed by atoms with Gasteiger partial charge in [-0.3, -0.25) is 4.72 Å². The van der Waals surface area contributed by atoms with Gasteiger partial charge in [0.05, 0.1) is 5.52 Å². The molecule has 0 unspecified atom stereocenters. The van der Waals surface area contributed by atoms with Gasteiger partial charge in [0.1, 0.15) is 18.2 Å². The lowest BCUT2D eigenvalue weighted by molar-refractivity contribution is 0.258. The molecule has 2 aromatic heterocycles. The van der Waals surface area contributed by atoms with E-state index >= 15 is 0 Å². The molecule has 0 radical (unpaired) electrons. The zero-order valence-corrected chi connectivity index (χ0v) is 16.4. The standard InChI is InChI=1S/C18H15ClF3N3O3S/c19-11-4-3-10-14(8-23-16(10)15(11)9-1-2-9)29(26,27)25-18-12(21)7-13(17(22)24-18)28-6-5-20/h3-4,7-9,23H,1-2,5-6H2,(H,24,25). The average Bonchev–Trinajstić information content (AvgIpc) is 3.40. The first kappa shape index (κ1) is 19.8. The molecule has 2 N–H and O–H groups in total. The summed E-state index contributed by atoms with van der Waals surface area (Å²) in [6.07, 6.45) is 3.19. The number of benzene rings is 1. The number of ether oxygens (including phenoxy) is 1. The third-order valence-corrected chi connectivity index (χ3v) is 6.25. The second-order valence-corrected chi connectivity index (χ2v) is 8.62. The van der Waals surface area contributed by atoms with Crippen LogP contribution in [0.15, 0.2) is 29.3 Å². The summed E-state index contributed by atoms with van der Waals surface area (Å²) < 4.78 is 72.5. The Morgan fingerprint density at radius 3 is 2.76 bits per heavy atom. The quantitative estimate of drug-likeness (QED) is 0.524. The first-order valence-corrected chi connectivity index (χ1v) is 10.5. The van der Waals surface area contributed by atoms with Crippen LogP contribution in [0.1, 0.15) is 24.3 Å². The molecular weight excluding hydrogens is 431 g/mol. The van der Waals surface area contributed by atoms with Crippen molar-refractivity contribution < 1.29 is 26.3 Å². The number of fused-ring (bicyclic) bond motifs is 1. The lowest BCUT2D eigenvalue weighted by Gasteiger charge is -2.10. The molecule has 0 amide bonds. The SMILES string of the molecule is O=S(=O)(Nc1nc(F)c(OCCF)cc1F)c1c[nH]c2c(C3CC3)c(Cl)ccc12. The number of aromatic amines is 1. The topological polar surface area (TPSA) is 84.1 Å². The van der Waals surface area contributed by atoms with Crippen LogP contribution in [0.4, 0.5) is 19.0 Å². The molecule has 0 bridgehead atoms. The van der Waals surface area contributed by atoms with Gasteiger partial charge in [-0.2, -0.15) is 9.37 Å². The number of pyridine rings is 1. The van der Waals surface area contributed by atoms with E-state index in [1.807, 2.05) is 4.72 Å². The largest absolute Gasteiger partial charge is 0.486 e. The minimum Gasteiger partial charge on any atom is -0.486 e. The third-order valence-electron chi connectivity index (χ3n) is 4.54. The van der Waals surface area contributed by atoms with E-state index in [1.165, 1.54) is 6.20 Å². The Kier molecular flexibility index (Phi) is 5.07. The van der Waals surface area contributed by atoms with Crippen molar-refractivity contribution in [2.45, 2.75) is 23.7 Å². The fraction of sp³-hybridized carbons (Fsp3) is 0.278. The number of hydrogen-bond acceptors (Lipinski definition) is 4. The average molecular weight is 446 g/mol. The highest BCUT2D eigenvalue weighted by Gasteiger charge is 2.30. The molecule has 29 heavy (non-hydrogen) atoms. The number of halogens is 4. The minimum atomic E-state index is -4.29. The molecule has 0 aliphatic heterocycles. The maximum Gasteiger partial charge on any atom is 0.265 e. The Hall–Kier alpha value is -2.46. The molecule has 1 fully saturated rings. The predicted molar refractivity (Wildman–Crippen MR) is 102 cm³/mol. The molecule has 1 saturated carbocycles. The maximum atomic E-state index is 14.2. The fourth-order valence-corrected chi connectivity index (χ4v) is 4.61. The number of hydrogen-bond donors (Lipinski definition) is 2. The van der Waals surface area contributed by atoms with E-state index in [-0.39, 0.29) is 10.8 Å². The first-order valence-electron chi connectivity index (χ1n) is 8.69. The third kappa shape index (κ3) is 3.74. The van der Waals surface area contributed by atoms with E-state index in [0.717, 1.165) is 18.4 Å². The molecular formula is C18H15ClF3N3O3S. The second kappa shape index (κ2) is 7.42. The summed E-state index contributed by atoms with van der Waals surface area (Å²) in [4.78, 5) is 6.03. The van der Waals surface area contributed by atoms with Gasteiger partial charge in [0, 0.05) is 22.7 Å². The zero-order chi connectivity index (χ0) is 20.8. The fourth-order valence-electron chi connectivity index (χ4n) is 3.12. The van der Waals surface area contributed by atoms with E-state index < -0.39 is 46.6 Å². The van der Waals surface area contributed by atoms with Gasteiger partial charge < -0.3 is 9.72 Å². The van der Waals surface area contributed by atoms with Crippen LogP contribution in [0.2, 0.25) is 5.02 Å². The number of nitrogens with zero attached hydrogens (tertiary/aromatic N) is 1. The summed E-state index contributed by atoms with van der Waals surface area (Å²) in [5.41, 5.74) is 1.44. The van der Waals surface area contributed by atoms with Crippen LogP contribution in [0, 0.1) is 11.8 Å². The van der Waals surface area contributed by atoms with Crippen LogP contribution in [0.3, 0.4) is 0 Å². The van der Waals surface area contributed by atoms with Crippen LogP contribution < -0.4 is 9.46 Å². The van der Waals surface area contributed by atoms with Gasteiger partial charge in [0.15, 0.2) is 17.4 Å². The van der Waals surface area contributed by atoms with Crippen LogP contribution in [-0.4, -0.2) is 31.7 Å². The highest BCUT2D eigenvalue weighted by Crippen LogP contribution is 2.46. The smallest absolute Gasteiger partial charge is 0.265 e. The number of rotatable bonds is 7. The Balaban J connectivity index is 1.70. The van der Waals surface area contributed by atoms with Gasteiger partial charge in [0.2, 0.25) is 0 Å². The van der Waals surface area contributed by atoms with Crippen molar-refractivity contribution in [3.8, 4) is 5.75 Å². The monoisotopic (exact) mass is 445 g/mol. The first-order chi connectivity index (χ1) is 13.8. The van der Waals surface area contributed by atoms with Gasteiger partial charge in [-0.1, -0.05) is 11.6 Å². The summed E-state index contributed by atoms with van der Waals surface area (Å²) in [6, 6.07) is 3.77. The second-order valence-electron chi connectivity index (χ2n) is 6.56. The van der Waals surface area contributed by atoms with E-state index in [2.05, 4.69) is 14.7 Å². The number of nitrogens with one attached hydrogen (secondary N) is 2. The van der Waals surface area contributed by atoms with Crippen LogP contribution >= 0.6 is 11.6 Å². The summed E-state index contributed by atoms with van der Waals surface area (Å²) in [5, 5.41) is 0.921. The molecule has 0 spiro atoms. The lowest BCUT2D eigenvalue weighted by atomic mass is 10.1. The van der Waals surface area contributed by atoms with E-state index in [9.17, 15) is 21.6 Å². The van der Waals surface area contributed by atoms with Crippen LogP contribution in [-0.2, 0) is 10.0 Å². The van der Waals surface area contributed by atoms with Gasteiger partial charge in [-0.05, 0) is 36.5 Å². The molecule has 154 valence electrons. The molecule has 0 atom stereocenters. The van der Waals surface area contributed by atoms with Crippen molar-refractivity contribution in [2.24, 2.45) is 0 Å². The van der Waals surface area contributed by atoms with Gasteiger partial charge in [0.25, 0.3) is 16.0 Å². The molecule has 0 saturated heterocycles. The van der Waals surface area contributed by atoms with Crippen molar-refractivity contribution >= 4 is 38.3 Å². The number of alkyl halides is 1. The lowest BCUT2D eigenvalue weighted by Crippen LogP contribution is -2.16. The number of H-pyrrole nitrogens is 1. The van der Waals surface area contributed by atoms with Gasteiger partial charge in [-0.25, -0.2) is 17.2 Å². The minimum absolute atomic E-state index is 0.148.